The van der Waals surface area contributed by atoms with Crippen LogP contribution in [0.4, 0.5) is 4.79 Å². The Balaban J connectivity index is 1.77. The van der Waals surface area contributed by atoms with Gasteiger partial charge in [-0.1, -0.05) is 0 Å². The molecule has 0 radical (unpaired) electrons. The van der Waals surface area contributed by atoms with E-state index in [0.29, 0.717) is 6.54 Å². The lowest BCUT2D eigenvalue weighted by molar-refractivity contribution is 0.136. The first-order chi connectivity index (χ1) is 6.34. The number of amides is 1. The number of cyclic esters (lactones) is 1. The fraction of sp³-hybridized carbons (Fsp3) is 0.444. The van der Waals surface area contributed by atoms with Crippen LogP contribution in [-0.4, -0.2) is 18.7 Å². The summed E-state index contributed by atoms with van der Waals surface area (Å²) in [5, 5.41) is 6.83. The van der Waals surface area contributed by atoms with Gasteiger partial charge in [-0.2, -0.15) is 11.3 Å². The van der Waals surface area contributed by atoms with Crippen LogP contribution in [0.5, 0.6) is 0 Å². The second-order valence-corrected chi connectivity index (χ2v) is 3.86. The number of alkyl carbamates (subject to hydrolysis) is 1. The molecular formula is C9H11NO2S. The molecular weight excluding hydrogens is 186 g/mol. The molecule has 13 heavy (non-hydrogen) atoms. The Morgan fingerprint density at radius 1 is 1.69 bits per heavy atom. The van der Waals surface area contributed by atoms with Crippen molar-refractivity contribution >= 4 is 17.4 Å². The van der Waals surface area contributed by atoms with E-state index in [1.165, 1.54) is 5.56 Å². The van der Waals surface area contributed by atoms with Gasteiger partial charge in [0.15, 0.2) is 0 Å². The van der Waals surface area contributed by atoms with E-state index < -0.39 is 0 Å². The fourth-order valence-corrected chi connectivity index (χ4v) is 2.06. The minimum Gasteiger partial charge on any atom is -0.444 e. The Bertz CT molecular complexity index is 284. The van der Waals surface area contributed by atoms with Gasteiger partial charge < -0.3 is 10.1 Å². The molecule has 0 spiro atoms. The molecule has 2 rings (SSSR count). The van der Waals surface area contributed by atoms with Crippen molar-refractivity contribution in [2.24, 2.45) is 0 Å². The minimum absolute atomic E-state index is 0.0624. The van der Waals surface area contributed by atoms with Gasteiger partial charge in [0.2, 0.25) is 0 Å². The van der Waals surface area contributed by atoms with Gasteiger partial charge in [0.1, 0.15) is 6.10 Å². The molecule has 3 nitrogen and oxygen atoms in total. The monoisotopic (exact) mass is 197 g/mol. The predicted octanol–water partition coefficient (Wildman–Crippen LogP) is 1.79. The summed E-state index contributed by atoms with van der Waals surface area (Å²) in [6.07, 6.45) is 1.68. The molecule has 1 aromatic rings. The molecule has 1 N–H and O–H groups in total. The number of carbonyl (C=O) groups is 1. The van der Waals surface area contributed by atoms with Gasteiger partial charge in [-0.15, -0.1) is 0 Å². The van der Waals surface area contributed by atoms with Crippen LogP contribution in [0, 0.1) is 0 Å². The van der Waals surface area contributed by atoms with Crippen LogP contribution in [0.1, 0.15) is 12.0 Å². The van der Waals surface area contributed by atoms with Gasteiger partial charge in [-0.05, 0) is 35.2 Å². The molecule has 1 saturated heterocycles. The van der Waals surface area contributed by atoms with Crippen molar-refractivity contribution in [2.75, 3.05) is 6.54 Å². The third-order valence-corrected chi connectivity index (χ3v) is 2.81. The zero-order valence-electron chi connectivity index (χ0n) is 7.16. The molecule has 1 unspecified atom stereocenters. The lowest BCUT2D eigenvalue weighted by atomic mass is 10.1. The van der Waals surface area contributed by atoms with E-state index in [-0.39, 0.29) is 12.2 Å². The number of hydrogen-bond donors (Lipinski definition) is 1. The van der Waals surface area contributed by atoms with Crippen LogP contribution in [0.3, 0.4) is 0 Å². The molecule has 0 saturated carbocycles. The molecule has 70 valence electrons. The normalized spacial score (nSPS) is 21.2. The maximum Gasteiger partial charge on any atom is 0.407 e. The summed E-state index contributed by atoms with van der Waals surface area (Å²) >= 11 is 1.70. The van der Waals surface area contributed by atoms with E-state index in [2.05, 4.69) is 22.1 Å². The van der Waals surface area contributed by atoms with Crippen molar-refractivity contribution in [1.29, 1.82) is 0 Å². The van der Waals surface area contributed by atoms with Gasteiger partial charge in [0, 0.05) is 0 Å². The summed E-state index contributed by atoms with van der Waals surface area (Å²) < 4.78 is 5.01. The number of aryl methyl sites for hydroxylation is 1. The fourth-order valence-electron chi connectivity index (χ4n) is 1.36. The molecule has 1 fully saturated rings. The molecule has 1 atom stereocenters. The highest BCUT2D eigenvalue weighted by atomic mass is 32.1. The molecule has 1 aliphatic rings. The van der Waals surface area contributed by atoms with E-state index in [1.807, 2.05) is 0 Å². The largest absolute Gasteiger partial charge is 0.444 e. The zero-order valence-corrected chi connectivity index (χ0v) is 7.97. The number of nitrogens with one attached hydrogen (secondary N) is 1. The maximum atomic E-state index is 10.7. The van der Waals surface area contributed by atoms with Crippen LogP contribution in [-0.2, 0) is 11.2 Å². The molecule has 1 aromatic heterocycles. The predicted molar refractivity (Wildman–Crippen MR) is 50.9 cm³/mol. The molecule has 4 heteroatoms. The van der Waals surface area contributed by atoms with Crippen molar-refractivity contribution in [3.8, 4) is 0 Å². The first kappa shape index (κ1) is 8.56. The van der Waals surface area contributed by atoms with Crippen LogP contribution in [0.15, 0.2) is 16.8 Å². The average Bonchev–Trinajstić information content (AvgIpc) is 2.71. The van der Waals surface area contributed by atoms with Gasteiger partial charge in [-0.3, -0.25) is 0 Å². The van der Waals surface area contributed by atoms with Crippen molar-refractivity contribution in [1.82, 2.24) is 5.32 Å². The average molecular weight is 197 g/mol. The Morgan fingerprint density at radius 2 is 2.62 bits per heavy atom. The third-order valence-electron chi connectivity index (χ3n) is 2.08. The lowest BCUT2D eigenvalue weighted by Crippen LogP contribution is -2.15. The van der Waals surface area contributed by atoms with Crippen LogP contribution < -0.4 is 5.32 Å². The summed E-state index contributed by atoms with van der Waals surface area (Å²) in [6, 6.07) is 2.11. The summed E-state index contributed by atoms with van der Waals surface area (Å²) in [5.74, 6) is 0. The summed E-state index contributed by atoms with van der Waals surface area (Å²) in [7, 11) is 0. The number of thiophene rings is 1. The van der Waals surface area contributed by atoms with Gasteiger partial charge in [-0.25, -0.2) is 4.79 Å². The first-order valence-corrected chi connectivity index (χ1v) is 5.24. The van der Waals surface area contributed by atoms with E-state index in [1.54, 1.807) is 11.3 Å². The first-order valence-electron chi connectivity index (χ1n) is 4.30. The van der Waals surface area contributed by atoms with Gasteiger partial charge in [0.25, 0.3) is 0 Å². The Kier molecular flexibility index (Phi) is 2.49. The molecule has 0 aromatic carbocycles. The Morgan fingerprint density at radius 3 is 3.23 bits per heavy atom. The van der Waals surface area contributed by atoms with E-state index in [4.69, 9.17) is 4.74 Å². The summed E-state index contributed by atoms with van der Waals surface area (Å²) in [5.41, 5.74) is 1.33. The van der Waals surface area contributed by atoms with Gasteiger partial charge >= 0.3 is 6.09 Å². The second kappa shape index (κ2) is 3.79. The third kappa shape index (κ3) is 2.21. The van der Waals surface area contributed by atoms with Crippen LogP contribution in [0.2, 0.25) is 0 Å². The Labute approximate surface area is 80.7 Å². The number of hydrogen-bond acceptors (Lipinski definition) is 3. The topological polar surface area (TPSA) is 38.3 Å². The lowest BCUT2D eigenvalue weighted by Gasteiger charge is -2.05. The zero-order chi connectivity index (χ0) is 9.10. The summed E-state index contributed by atoms with van der Waals surface area (Å²) in [6.45, 7) is 0.656. The van der Waals surface area contributed by atoms with Crippen LogP contribution in [0.25, 0.3) is 0 Å². The quantitative estimate of drug-likeness (QED) is 0.802. The van der Waals surface area contributed by atoms with Crippen LogP contribution >= 0.6 is 11.3 Å². The maximum absolute atomic E-state index is 10.7. The van der Waals surface area contributed by atoms with Crippen molar-refractivity contribution in [3.63, 3.8) is 0 Å². The smallest absolute Gasteiger partial charge is 0.407 e. The molecule has 0 bridgehead atoms. The van der Waals surface area contributed by atoms with E-state index in [9.17, 15) is 4.79 Å². The standard InChI is InChI=1S/C9H11NO2S/c11-9-10-5-8(12-9)2-1-7-3-4-13-6-7/h3-4,6,8H,1-2,5H2,(H,10,11). The number of carbonyl (C=O) groups excluding carboxylic acids is 1. The molecule has 2 heterocycles. The highest BCUT2D eigenvalue weighted by molar-refractivity contribution is 7.07. The highest BCUT2D eigenvalue weighted by Gasteiger charge is 2.21. The van der Waals surface area contributed by atoms with E-state index in [0.717, 1.165) is 12.8 Å². The summed E-state index contributed by atoms with van der Waals surface area (Å²) in [4.78, 5) is 10.7. The number of ether oxygens (including phenoxy) is 1. The van der Waals surface area contributed by atoms with Gasteiger partial charge in [0.05, 0.1) is 6.54 Å². The van der Waals surface area contributed by atoms with Crippen molar-refractivity contribution in [2.45, 2.75) is 18.9 Å². The van der Waals surface area contributed by atoms with E-state index >= 15 is 0 Å². The number of rotatable bonds is 3. The Hall–Kier alpha value is -1.03. The molecule has 1 amide bonds. The SMILES string of the molecule is O=C1NCC(CCc2ccsc2)O1. The van der Waals surface area contributed by atoms with Crippen molar-refractivity contribution < 1.29 is 9.53 Å². The minimum atomic E-state index is -0.282. The highest BCUT2D eigenvalue weighted by Crippen LogP contribution is 2.12. The van der Waals surface area contributed by atoms with Crippen molar-refractivity contribution in [3.05, 3.63) is 22.4 Å². The molecule has 1 aliphatic heterocycles. The molecule has 0 aliphatic carbocycles. The second-order valence-electron chi connectivity index (χ2n) is 3.08.